The number of hydrogen-bond acceptors (Lipinski definition) is 6. The minimum absolute atomic E-state index is 0.0271. The van der Waals surface area contributed by atoms with Crippen molar-refractivity contribution >= 4 is 16.7 Å². The quantitative estimate of drug-likeness (QED) is 0.651. The largest absolute Gasteiger partial charge is 0.375 e. The molecule has 3 aliphatic rings. The topological polar surface area (TPSA) is 68.1 Å². The van der Waals surface area contributed by atoms with Gasteiger partial charge in [0.2, 0.25) is 0 Å². The second kappa shape index (κ2) is 8.06. The Hall–Kier alpha value is -2.51. The molecule has 6 rings (SSSR count). The Morgan fingerprint density at radius 2 is 1.88 bits per heavy atom. The van der Waals surface area contributed by atoms with Crippen molar-refractivity contribution in [1.29, 1.82) is 0 Å². The number of fused-ring (bicyclic) bond motifs is 2. The average molecular weight is 447 g/mol. The zero-order chi connectivity index (χ0) is 22.6. The summed E-state index contributed by atoms with van der Waals surface area (Å²) in [6, 6.07) is 11.6. The van der Waals surface area contributed by atoms with Crippen molar-refractivity contribution in [2.24, 2.45) is 18.9 Å². The Morgan fingerprint density at radius 1 is 1.06 bits per heavy atom. The number of nitrogens with one attached hydrogen (secondary N) is 1. The first-order valence-electron chi connectivity index (χ1n) is 12.3. The van der Waals surface area contributed by atoms with Gasteiger partial charge in [-0.2, -0.15) is 5.10 Å². The van der Waals surface area contributed by atoms with Gasteiger partial charge in [0.05, 0.1) is 16.8 Å². The molecule has 0 bridgehead atoms. The van der Waals surface area contributed by atoms with E-state index in [0.29, 0.717) is 12.1 Å². The second-order valence-electron chi connectivity index (χ2n) is 10.9. The summed E-state index contributed by atoms with van der Waals surface area (Å²) in [7, 11) is 1.94. The zero-order valence-electron chi connectivity index (χ0n) is 19.9. The number of aromatic nitrogens is 4. The van der Waals surface area contributed by atoms with Gasteiger partial charge in [0.1, 0.15) is 5.82 Å². The Kier molecular flexibility index (Phi) is 5.14. The van der Waals surface area contributed by atoms with Gasteiger partial charge in [-0.05, 0) is 75.6 Å². The van der Waals surface area contributed by atoms with Crippen LogP contribution in [-0.2, 0) is 11.8 Å². The number of rotatable bonds is 4. The van der Waals surface area contributed by atoms with Crippen LogP contribution in [0.15, 0.2) is 36.5 Å². The normalized spacial score (nSPS) is 29.4. The Balaban J connectivity index is 1.06. The first-order chi connectivity index (χ1) is 15.9. The lowest BCUT2D eigenvalue weighted by Crippen LogP contribution is -2.45. The van der Waals surface area contributed by atoms with Crippen molar-refractivity contribution < 1.29 is 4.74 Å². The van der Waals surface area contributed by atoms with E-state index < -0.39 is 0 Å². The van der Waals surface area contributed by atoms with Crippen LogP contribution in [0.2, 0.25) is 0 Å². The lowest BCUT2D eigenvalue weighted by Gasteiger charge is -2.40. The molecule has 0 spiro atoms. The van der Waals surface area contributed by atoms with Gasteiger partial charge >= 0.3 is 0 Å². The Bertz CT molecular complexity index is 1130. The molecule has 3 aromatic rings. The molecule has 1 unspecified atom stereocenters. The van der Waals surface area contributed by atoms with Crippen molar-refractivity contribution in [3.8, 4) is 11.3 Å². The van der Waals surface area contributed by atoms with Crippen molar-refractivity contribution in [3.05, 3.63) is 36.5 Å². The van der Waals surface area contributed by atoms with Crippen LogP contribution < -0.4 is 5.32 Å². The number of likely N-dealkylation sites (tertiary alicyclic amines) is 1. The van der Waals surface area contributed by atoms with Gasteiger partial charge in [-0.3, -0.25) is 9.58 Å². The van der Waals surface area contributed by atoms with E-state index in [1.807, 2.05) is 24.0 Å². The van der Waals surface area contributed by atoms with E-state index in [9.17, 15) is 0 Å². The third-order valence-electron chi connectivity index (χ3n) is 7.90. The summed E-state index contributed by atoms with van der Waals surface area (Å²) in [5.74, 6) is 2.48. The van der Waals surface area contributed by atoms with Crippen LogP contribution in [0.25, 0.3) is 22.2 Å². The highest BCUT2D eigenvalue weighted by atomic mass is 16.5. The summed E-state index contributed by atoms with van der Waals surface area (Å²) in [4.78, 5) is 2.75. The fraction of sp³-hybridized carbons (Fsp3) is 0.577. The van der Waals surface area contributed by atoms with E-state index >= 15 is 0 Å². The van der Waals surface area contributed by atoms with Crippen LogP contribution in [0.3, 0.4) is 0 Å². The molecule has 0 radical (unpaired) electrons. The molecule has 1 N–H and O–H groups in total. The smallest absolute Gasteiger partial charge is 0.148 e. The van der Waals surface area contributed by atoms with Crippen LogP contribution in [0.1, 0.15) is 39.5 Å². The van der Waals surface area contributed by atoms with Gasteiger partial charge in [0.15, 0.2) is 0 Å². The predicted octanol–water partition coefficient (Wildman–Crippen LogP) is 4.11. The summed E-state index contributed by atoms with van der Waals surface area (Å²) < 4.78 is 7.78. The second-order valence-corrected chi connectivity index (χ2v) is 10.9. The molecule has 1 saturated carbocycles. The van der Waals surface area contributed by atoms with Gasteiger partial charge in [-0.15, -0.1) is 10.2 Å². The van der Waals surface area contributed by atoms with Crippen LogP contribution in [-0.4, -0.2) is 62.3 Å². The number of aryl methyl sites for hydroxylation is 1. The van der Waals surface area contributed by atoms with Gasteiger partial charge < -0.3 is 10.1 Å². The molecule has 2 saturated heterocycles. The van der Waals surface area contributed by atoms with Gasteiger partial charge in [0, 0.05) is 56.0 Å². The molecule has 0 amide bonds. The Labute approximate surface area is 195 Å². The monoisotopic (exact) mass is 446 g/mol. The molecule has 4 atom stereocenters. The number of hydrogen-bond donors (Lipinski definition) is 1. The maximum Gasteiger partial charge on any atom is 0.148 e. The number of ether oxygens (including phenoxy) is 1. The van der Waals surface area contributed by atoms with E-state index in [4.69, 9.17) is 4.74 Å². The first kappa shape index (κ1) is 21.1. The van der Waals surface area contributed by atoms with E-state index in [2.05, 4.69) is 63.6 Å². The van der Waals surface area contributed by atoms with E-state index in [1.54, 1.807) is 0 Å². The highest BCUT2D eigenvalue weighted by molar-refractivity contribution is 5.83. The van der Waals surface area contributed by atoms with Gasteiger partial charge in [-0.25, -0.2) is 0 Å². The molecule has 7 heteroatoms. The maximum atomic E-state index is 5.94. The number of anilines is 1. The average Bonchev–Trinajstić information content (AvgIpc) is 3.45. The zero-order valence-corrected chi connectivity index (χ0v) is 19.9. The first-order valence-corrected chi connectivity index (χ1v) is 12.3. The summed E-state index contributed by atoms with van der Waals surface area (Å²) in [5.41, 5.74) is 2.99. The highest BCUT2D eigenvalue weighted by Crippen LogP contribution is 2.41. The van der Waals surface area contributed by atoms with Gasteiger partial charge in [-0.1, -0.05) is 6.07 Å². The third kappa shape index (κ3) is 4.24. The number of benzene rings is 1. The van der Waals surface area contributed by atoms with Crippen molar-refractivity contribution in [2.75, 3.05) is 25.0 Å². The standard InChI is InChI=1S/C26H34N6O/c1-26(2)13-22(8-9-33-26)32-15-18-11-21(12-19(18)16-32)27-25-7-6-23(28-29-25)17-4-5-24-20(10-17)14-31(3)30-24/h4-7,10,14,18-19,21-22H,8-9,11-13,15-16H2,1-3H3,(H,27,29)/t18-,19+,21-,22?. The molecule has 3 fully saturated rings. The predicted molar refractivity (Wildman–Crippen MR) is 130 cm³/mol. The molecule has 174 valence electrons. The third-order valence-corrected chi connectivity index (χ3v) is 7.90. The van der Waals surface area contributed by atoms with E-state index in [-0.39, 0.29) is 5.60 Å². The lowest BCUT2D eigenvalue weighted by atomic mass is 9.93. The molecular formula is C26H34N6O. The Morgan fingerprint density at radius 3 is 2.61 bits per heavy atom. The summed E-state index contributed by atoms with van der Waals surface area (Å²) >= 11 is 0. The molecule has 1 aliphatic carbocycles. The molecule has 7 nitrogen and oxygen atoms in total. The van der Waals surface area contributed by atoms with Crippen LogP contribution in [0.5, 0.6) is 0 Å². The SMILES string of the molecule is Cn1cc2cc(-c3ccc(N[C@@H]4C[C@@H]5CN(C6CCOC(C)(C)C6)C[C@@H]5C4)nn3)ccc2n1. The lowest BCUT2D eigenvalue weighted by molar-refractivity contribution is -0.0811. The molecule has 2 aromatic heterocycles. The minimum Gasteiger partial charge on any atom is -0.375 e. The summed E-state index contributed by atoms with van der Waals surface area (Å²) in [6.45, 7) is 7.85. The highest BCUT2D eigenvalue weighted by Gasteiger charge is 2.44. The molecule has 1 aromatic carbocycles. The molecular weight excluding hydrogens is 412 g/mol. The van der Waals surface area contributed by atoms with Crippen molar-refractivity contribution in [2.45, 2.75) is 57.2 Å². The van der Waals surface area contributed by atoms with Gasteiger partial charge in [0.25, 0.3) is 0 Å². The van der Waals surface area contributed by atoms with Crippen molar-refractivity contribution in [1.82, 2.24) is 24.9 Å². The van der Waals surface area contributed by atoms with Crippen LogP contribution in [0.4, 0.5) is 5.82 Å². The van der Waals surface area contributed by atoms with E-state index in [0.717, 1.165) is 52.8 Å². The fourth-order valence-corrected chi connectivity index (χ4v) is 6.34. The summed E-state index contributed by atoms with van der Waals surface area (Å²) in [5, 5.41) is 18.2. The van der Waals surface area contributed by atoms with Crippen molar-refractivity contribution in [3.63, 3.8) is 0 Å². The van der Waals surface area contributed by atoms with Crippen LogP contribution in [0, 0.1) is 11.8 Å². The molecule has 4 heterocycles. The van der Waals surface area contributed by atoms with E-state index in [1.165, 1.54) is 32.4 Å². The fourth-order valence-electron chi connectivity index (χ4n) is 6.34. The molecule has 2 aliphatic heterocycles. The molecule has 33 heavy (non-hydrogen) atoms. The summed E-state index contributed by atoms with van der Waals surface area (Å²) in [6.07, 6.45) is 6.83. The maximum absolute atomic E-state index is 5.94. The number of nitrogens with zero attached hydrogens (tertiary/aromatic N) is 5. The van der Waals surface area contributed by atoms with Crippen LogP contribution >= 0.6 is 0 Å². The minimum atomic E-state index is 0.0271.